The fourth-order valence-corrected chi connectivity index (χ4v) is 2.64. The Balaban J connectivity index is 0. The van der Waals surface area contributed by atoms with Crippen molar-refractivity contribution in [2.24, 2.45) is 0 Å². The van der Waals surface area contributed by atoms with Crippen molar-refractivity contribution in [3.05, 3.63) is 0 Å². The van der Waals surface area contributed by atoms with Crippen LogP contribution in [0.4, 0.5) is 13.2 Å². The fourth-order valence-electron chi connectivity index (χ4n) is 2.64. The van der Waals surface area contributed by atoms with Crippen LogP contribution in [0.25, 0.3) is 0 Å². The van der Waals surface area contributed by atoms with Crippen LogP contribution in [0.1, 0.15) is 79.1 Å². The van der Waals surface area contributed by atoms with Crippen LogP contribution in [-0.2, 0) is 11.1 Å². The molecule has 1 atom stereocenters. The molecule has 0 spiro atoms. The van der Waals surface area contributed by atoms with Gasteiger partial charge in [-0.15, -0.1) is 0 Å². The van der Waals surface area contributed by atoms with E-state index in [2.05, 4.69) is 27.7 Å². The Morgan fingerprint density at radius 1 is 0.750 bits per heavy atom. The highest BCUT2D eigenvalue weighted by Crippen LogP contribution is 2.17. The molecule has 0 aliphatic rings. The summed E-state index contributed by atoms with van der Waals surface area (Å²) < 4.78 is 50.9. The van der Waals surface area contributed by atoms with Crippen LogP contribution in [0.2, 0.25) is 0 Å². The first-order valence-corrected chi connectivity index (χ1v) is 10.3. The number of hydrogen-bond acceptors (Lipinski definition) is 2. The zero-order valence-corrected chi connectivity index (χ0v) is 16.6. The average molecular weight is 376 g/mol. The molecule has 0 fully saturated rings. The number of unbranched alkanes of at least 4 members (excludes halogenated alkanes) is 4. The molecule has 1 unspecified atom stereocenters. The lowest BCUT2D eigenvalue weighted by Crippen LogP contribution is -2.50. The zero-order valence-electron chi connectivity index (χ0n) is 15.8. The van der Waals surface area contributed by atoms with Gasteiger partial charge in [0.25, 0.3) is 0 Å². The monoisotopic (exact) mass is 375 g/mol. The van der Waals surface area contributed by atoms with Gasteiger partial charge < -0.3 is 9.04 Å². The Labute approximate surface area is 148 Å². The van der Waals surface area contributed by atoms with E-state index in [0.29, 0.717) is 0 Å². The van der Waals surface area contributed by atoms with Crippen LogP contribution in [0.5, 0.6) is 0 Å². The van der Waals surface area contributed by atoms with E-state index in [4.69, 9.17) is 8.76 Å². The molecule has 0 aliphatic heterocycles. The zero-order chi connectivity index (χ0) is 19.1. The van der Waals surface area contributed by atoms with Gasteiger partial charge in [-0.2, -0.15) is 13.2 Å². The largest absolute Gasteiger partial charge is 0.766 e. The lowest BCUT2D eigenvalue weighted by molar-refractivity contribution is -0.929. The molecule has 0 aromatic rings. The van der Waals surface area contributed by atoms with Crippen molar-refractivity contribution in [1.29, 1.82) is 0 Å². The van der Waals surface area contributed by atoms with Crippen molar-refractivity contribution in [3.63, 3.8) is 0 Å². The quantitative estimate of drug-likeness (QED) is 0.339. The summed E-state index contributed by atoms with van der Waals surface area (Å²) in [6, 6.07) is 0. The van der Waals surface area contributed by atoms with E-state index in [9.17, 15) is 13.2 Å². The maximum Gasteiger partial charge on any atom is 0.458 e. The van der Waals surface area contributed by atoms with Gasteiger partial charge in [0.05, 0.1) is 37.3 Å². The Kier molecular flexibility index (Phi) is 16.5. The SMILES string of the molecule is CCCC[N+](CCCC)(CCCC)CCCC.O=S([O-])C(F)(F)F. The van der Waals surface area contributed by atoms with E-state index in [-0.39, 0.29) is 0 Å². The summed E-state index contributed by atoms with van der Waals surface area (Å²) in [5, 5.41) is 0. The summed E-state index contributed by atoms with van der Waals surface area (Å²) in [6.45, 7) is 15.0. The lowest BCUT2D eigenvalue weighted by atomic mass is 10.1. The van der Waals surface area contributed by atoms with E-state index in [0.717, 1.165) is 0 Å². The van der Waals surface area contributed by atoms with Gasteiger partial charge in [-0.3, -0.25) is 4.21 Å². The summed E-state index contributed by atoms with van der Waals surface area (Å²) in [6.07, 6.45) is 11.1. The van der Waals surface area contributed by atoms with Crippen molar-refractivity contribution in [2.75, 3.05) is 26.2 Å². The first kappa shape index (κ1) is 26.1. The third kappa shape index (κ3) is 14.2. The molecule has 3 nitrogen and oxygen atoms in total. The molecule has 0 rings (SSSR count). The van der Waals surface area contributed by atoms with Crippen molar-refractivity contribution in [3.8, 4) is 0 Å². The first-order chi connectivity index (χ1) is 11.2. The van der Waals surface area contributed by atoms with E-state index in [1.54, 1.807) is 0 Å². The van der Waals surface area contributed by atoms with Gasteiger partial charge in [0.1, 0.15) is 0 Å². The maximum absolute atomic E-state index is 10.6. The van der Waals surface area contributed by atoms with E-state index in [1.807, 2.05) is 0 Å². The lowest BCUT2D eigenvalue weighted by Gasteiger charge is -2.39. The van der Waals surface area contributed by atoms with E-state index in [1.165, 1.54) is 82.0 Å². The summed E-state index contributed by atoms with van der Waals surface area (Å²) in [7, 11) is 0. The summed E-state index contributed by atoms with van der Waals surface area (Å²) in [5.41, 5.74) is -5.08. The normalized spacial score (nSPS) is 13.3. The summed E-state index contributed by atoms with van der Waals surface area (Å²) in [4.78, 5) is 0. The van der Waals surface area contributed by atoms with Gasteiger partial charge >= 0.3 is 5.51 Å². The highest BCUT2D eigenvalue weighted by atomic mass is 32.2. The van der Waals surface area contributed by atoms with Gasteiger partial charge in [0, 0.05) is 0 Å². The second-order valence-corrected chi connectivity index (χ2v) is 7.26. The predicted molar refractivity (Wildman–Crippen MR) is 94.3 cm³/mol. The number of nitrogens with zero attached hydrogens (tertiary/aromatic N) is 1. The minimum Gasteiger partial charge on any atom is -0.766 e. The Bertz CT molecular complexity index is 275. The average Bonchev–Trinajstić information content (AvgIpc) is 2.53. The number of quaternary nitrogens is 1. The molecule has 0 N–H and O–H groups in total. The van der Waals surface area contributed by atoms with Gasteiger partial charge in [-0.05, 0) is 25.7 Å². The summed E-state index contributed by atoms with van der Waals surface area (Å²) >= 11 is -3.93. The minimum atomic E-state index is -5.08. The highest BCUT2D eigenvalue weighted by molar-refractivity contribution is 7.80. The van der Waals surface area contributed by atoms with Crippen LogP contribution >= 0.6 is 0 Å². The van der Waals surface area contributed by atoms with Crippen LogP contribution in [0.15, 0.2) is 0 Å². The number of halogens is 3. The van der Waals surface area contributed by atoms with Gasteiger partial charge in [0.15, 0.2) is 0 Å². The molecule has 0 saturated carbocycles. The van der Waals surface area contributed by atoms with Crippen molar-refractivity contribution in [2.45, 2.75) is 84.6 Å². The van der Waals surface area contributed by atoms with Crippen LogP contribution in [0, 0.1) is 0 Å². The topological polar surface area (TPSA) is 40.1 Å². The summed E-state index contributed by atoms with van der Waals surface area (Å²) in [5.74, 6) is 0. The first-order valence-electron chi connectivity index (χ1n) is 9.20. The van der Waals surface area contributed by atoms with Gasteiger partial charge in [-0.25, -0.2) is 0 Å². The Morgan fingerprint density at radius 2 is 0.958 bits per heavy atom. The van der Waals surface area contributed by atoms with Crippen LogP contribution in [-0.4, -0.2) is 44.9 Å². The molecule has 0 aliphatic carbocycles. The molecular weight excluding hydrogens is 339 g/mol. The number of hydrogen-bond donors (Lipinski definition) is 0. The van der Waals surface area contributed by atoms with E-state index >= 15 is 0 Å². The van der Waals surface area contributed by atoms with Gasteiger partial charge in [0.2, 0.25) is 0 Å². The van der Waals surface area contributed by atoms with Crippen molar-refractivity contribution in [1.82, 2.24) is 0 Å². The fraction of sp³-hybridized carbons (Fsp3) is 1.00. The van der Waals surface area contributed by atoms with Gasteiger partial charge in [-0.1, -0.05) is 53.4 Å². The smallest absolute Gasteiger partial charge is 0.458 e. The third-order valence-electron chi connectivity index (χ3n) is 4.13. The van der Waals surface area contributed by atoms with Crippen molar-refractivity contribution < 1.29 is 26.4 Å². The molecule has 0 heterocycles. The molecule has 0 amide bonds. The second-order valence-electron chi connectivity index (χ2n) is 6.33. The number of alkyl halides is 3. The second kappa shape index (κ2) is 15.1. The Morgan fingerprint density at radius 3 is 1.08 bits per heavy atom. The molecule has 0 aromatic carbocycles. The van der Waals surface area contributed by atoms with Crippen molar-refractivity contribution >= 4 is 11.1 Å². The highest BCUT2D eigenvalue weighted by Gasteiger charge is 2.28. The molecule has 0 aromatic heterocycles. The molecule has 0 saturated heterocycles. The van der Waals surface area contributed by atoms with E-state index < -0.39 is 16.6 Å². The number of rotatable bonds is 12. The maximum atomic E-state index is 10.6. The molecule has 7 heteroatoms. The third-order valence-corrected chi connectivity index (χ3v) is 4.51. The molecule has 0 radical (unpaired) electrons. The Hall–Kier alpha value is -0.140. The molecule has 24 heavy (non-hydrogen) atoms. The standard InChI is InChI=1S/C16H36N.CHF3O2S/c1-5-9-13-17(14-10-6-2,15-11-7-3)16-12-8-4;2-1(3,4)7(5)6/h5-16H2,1-4H3;(H,5,6)/q+1;/p-1. The van der Waals surface area contributed by atoms with Crippen LogP contribution in [0.3, 0.4) is 0 Å². The molecular formula is C17H36F3NO2S. The molecule has 148 valence electrons. The minimum absolute atomic E-state index is 1.35. The van der Waals surface area contributed by atoms with Crippen LogP contribution < -0.4 is 0 Å². The predicted octanol–water partition coefficient (Wildman–Crippen LogP) is 5.39. The molecule has 0 bridgehead atoms.